The molecule has 3 aromatic rings. The van der Waals surface area contributed by atoms with E-state index < -0.39 is 0 Å². The summed E-state index contributed by atoms with van der Waals surface area (Å²) in [7, 11) is 0. The smallest absolute Gasteiger partial charge is 0.126 e. The largest absolute Gasteiger partial charge is 0.488 e. The minimum Gasteiger partial charge on any atom is -0.488 e. The summed E-state index contributed by atoms with van der Waals surface area (Å²) in [6.07, 6.45) is 0.617. The molecule has 0 amide bonds. The second-order valence-electron chi connectivity index (χ2n) is 6.26. The Kier molecular flexibility index (Phi) is 7.74. The lowest BCUT2D eigenvalue weighted by Gasteiger charge is -2.14. The molecule has 6 heteroatoms. The molecule has 0 saturated heterocycles. The molecule has 0 radical (unpaired) electrons. The molecular formula is C22H19BrCl2FNO. The van der Waals surface area contributed by atoms with E-state index in [1.54, 1.807) is 30.3 Å². The average molecular weight is 483 g/mol. The maximum Gasteiger partial charge on any atom is 0.126 e. The monoisotopic (exact) mass is 481 g/mol. The van der Waals surface area contributed by atoms with Crippen LogP contribution < -0.4 is 10.1 Å². The molecule has 0 fully saturated rings. The summed E-state index contributed by atoms with van der Waals surface area (Å²) < 4.78 is 20.7. The number of hydrogen-bond donors (Lipinski definition) is 1. The highest BCUT2D eigenvalue weighted by Crippen LogP contribution is 2.28. The van der Waals surface area contributed by atoms with Crippen LogP contribution in [0.2, 0.25) is 10.0 Å². The number of rotatable bonds is 8. The molecular weight excluding hydrogens is 464 g/mol. The van der Waals surface area contributed by atoms with Gasteiger partial charge in [-0.25, -0.2) is 4.39 Å². The van der Waals surface area contributed by atoms with Crippen molar-refractivity contribution >= 4 is 39.1 Å². The van der Waals surface area contributed by atoms with Crippen LogP contribution in [0.4, 0.5) is 4.39 Å². The predicted molar refractivity (Wildman–Crippen MR) is 117 cm³/mol. The van der Waals surface area contributed by atoms with Crippen molar-refractivity contribution in [2.75, 3.05) is 6.54 Å². The Hall–Kier alpha value is -1.59. The van der Waals surface area contributed by atoms with Gasteiger partial charge >= 0.3 is 0 Å². The van der Waals surface area contributed by atoms with Crippen molar-refractivity contribution in [1.29, 1.82) is 0 Å². The summed E-state index contributed by atoms with van der Waals surface area (Å²) in [6.45, 7) is 1.53. The predicted octanol–water partition coefficient (Wildman–Crippen LogP) is 6.81. The molecule has 0 unspecified atom stereocenters. The first kappa shape index (κ1) is 21.1. The first-order valence-corrected chi connectivity index (χ1v) is 10.4. The Balaban J connectivity index is 1.61. The molecule has 2 nitrogen and oxygen atoms in total. The minimum atomic E-state index is -0.174. The summed E-state index contributed by atoms with van der Waals surface area (Å²) in [5, 5.41) is 4.50. The highest BCUT2D eigenvalue weighted by atomic mass is 79.9. The molecule has 1 N–H and O–H groups in total. The fourth-order valence-corrected chi connectivity index (χ4v) is 3.71. The summed E-state index contributed by atoms with van der Waals surface area (Å²) in [5.41, 5.74) is 2.45. The van der Waals surface area contributed by atoms with Crippen LogP contribution in [0.5, 0.6) is 5.75 Å². The van der Waals surface area contributed by atoms with E-state index in [1.165, 1.54) is 6.07 Å². The molecule has 0 aromatic heterocycles. The zero-order valence-corrected chi connectivity index (χ0v) is 18.1. The zero-order valence-electron chi connectivity index (χ0n) is 15.0. The van der Waals surface area contributed by atoms with Crippen LogP contribution in [0.15, 0.2) is 65.1 Å². The molecule has 3 aromatic carbocycles. The quantitative estimate of drug-likeness (QED) is 0.356. The Morgan fingerprint density at radius 3 is 2.43 bits per heavy atom. The number of hydrogen-bond acceptors (Lipinski definition) is 2. The van der Waals surface area contributed by atoms with Gasteiger partial charge in [0.1, 0.15) is 18.2 Å². The van der Waals surface area contributed by atoms with E-state index in [0.29, 0.717) is 35.1 Å². The molecule has 0 aliphatic heterocycles. The van der Waals surface area contributed by atoms with Gasteiger partial charge in [-0.1, -0.05) is 63.4 Å². The maximum atomic E-state index is 13.7. The van der Waals surface area contributed by atoms with Crippen molar-refractivity contribution in [2.24, 2.45) is 0 Å². The Bertz CT molecular complexity index is 931. The van der Waals surface area contributed by atoms with Crippen molar-refractivity contribution in [1.82, 2.24) is 5.32 Å². The molecule has 0 saturated carbocycles. The van der Waals surface area contributed by atoms with Crippen LogP contribution in [-0.4, -0.2) is 6.54 Å². The van der Waals surface area contributed by atoms with Crippen molar-refractivity contribution in [3.63, 3.8) is 0 Å². The molecule has 0 bridgehead atoms. The van der Waals surface area contributed by atoms with E-state index in [4.69, 9.17) is 27.9 Å². The minimum absolute atomic E-state index is 0.174. The lowest BCUT2D eigenvalue weighted by Crippen LogP contribution is -2.17. The van der Waals surface area contributed by atoms with Crippen LogP contribution in [0, 0.1) is 5.82 Å². The Labute approximate surface area is 182 Å². The van der Waals surface area contributed by atoms with Gasteiger partial charge in [-0.2, -0.15) is 0 Å². The number of nitrogens with one attached hydrogen (secondary N) is 1. The Morgan fingerprint density at radius 2 is 1.68 bits per heavy atom. The van der Waals surface area contributed by atoms with E-state index in [2.05, 4.69) is 21.2 Å². The topological polar surface area (TPSA) is 21.3 Å². The third-order valence-electron chi connectivity index (χ3n) is 4.30. The third-order valence-corrected chi connectivity index (χ3v) is 5.50. The van der Waals surface area contributed by atoms with E-state index in [-0.39, 0.29) is 12.4 Å². The second-order valence-corrected chi connectivity index (χ2v) is 7.99. The number of ether oxygens (including phenoxy) is 1. The van der Waals surface area contributed by atoms with Crippen LogP contribution in [0.25, 0.3) is 0 Å². The number of halogens is 4. The maximum absolute atomic E-state index is 13.7. The van der Waals surface area contributed by atoms with E-state index in [0.717, 1.165) is 21.3 Å². The van der Waals surface area contributed by atoms with Crippen molar-refractivity contribution in [3.8, 4) is 5.75 Å². The summed E-state index contributed by atoms with van der Waals surface area (Å²) in [6, 6.07) is 18.0. The molecule has 0 heterocycles. The van der Waals surface area contributed by atoms with Gasteiger partial charge in [-0.15, -0.1) is 0 Å². The van der Waals surface area contributed by atoms with Crippen LogP contribution >= 0.6 is 39.1 Å². The van der Waals surface area contributed by atoms with Gasteiger partial charge in [-0.3, -0.25) is 0 Å². The molecule has 28 heavy (non-hydrogen) atoms. The lowest BCUT2D eigenvalue weighted by molar-refractivity contribution is 0.302. The van der Waals surface area contributed by atoms with Crippen LogP contribution in [-0.2, 0) is 19.6 Å². The normalized spacial score (nSPS) is 10.9. The molecule has 0 spiro atoms. The zero-order chi connectivity index (χ0) is 19.9. The highest BCUT2D eigenvalue weighted by molar-refractivity contribution is 9.10. The first-order chi connectivity index (χ1) is 13.5. The first-order valence-electron chi connectivity index (χ1n) is 8.83. The van der Waals surface area contributed by atoms with Crippen molar-refractivity contribution in [3.05, 3.63) is 97.7 Å². The second kappa shape index (κ2) is 10.3. The average Bonchev–Trinajstić information content (AvgIpc) is 2.67. The van der Waals surface area contributed by atoms with Crippen LogP contribution in [0.1, 0.15) is 16.7 Å². The van der Waals surface area contributed by atoms with Gasteiger partial charge < -0.3 is 10.1 Å². The van der Waals surface area contributed by atoms with Gasteiger partial charge in [0.25, 0.3) is 0 Å². The fourth-order valence-electron chi connectivity index (χ4n) is 2.79. The van der Waals surface area contributed by atoms with Gasteiger partial charge in [0.05, 0.1) is 0 Å². The van der Waals surface area contributed by atoms with E-state index in [1.807, 2.05) is 24.3 Å². The molecule has 0 aliphatic rings. The van der Waals surface area contributed by atoms with Gasteiger partial charge in [0, 0.05) is 32.2 Å². The SMILES string of the molecule is Fc1ccccc1CCNCc1cc(Br)ccc1OCc1c(Cl)cccc1Cl. The summed E-state index contributed by atoms with van der Waals surface area (Å²) >= 11 is 15.9. The molecule has 146 valence electrons. The molecule has 0 atom stereocenters. The van der Waals surface area contributed by atoms with Crippen molar-refractivity contribution < 1.29 is 9.13 Å². The highest BCUT2D eigenvalue weighted by Gasteiger charge is 2.10. The number of benzene rings is 3. The van der Waals surface area contributed by atoms with Gasteiger partial charge in [-0.05, 0) is 54.9 Å². The van der Waals surface area contributed by atoms with Gasteiger partial charge in [0.2, 0.25) is 0 Å². The third kappa shape index (κ3) is 5.71. The molecule has 0 aliphatic carbocycles. The van der Waals surface area contributed by atoms with Gasteiger partial charge in [0.15, 0.2) is 0 Å². The van der Waals surface area contributed by atoms with E-state index >= 15 is 0 Å². The standard InChI is InChI=1S/C22H19BrCl2FNO/c23-17-8-9-22(28-14-18-19(24)5-3-6-20(18)25)16(12-17)13-27-11-10-15-4-1-2-7-21(15)26/h1-9,12,27H,10-11,13-14H2. The molecule has 3 rings (SSSR count). The summed E-state index contributed by atoms with van der Waals surface area (Å²) in [5.74, 6) is 0.574. The Morgan fingerprint density at radius 1 is 0.929 bits per heavy atom. The fraction of sp³-hybridized carbons (Fsp3) is 0.182. The van der Waals surface area contributed by atoms with Crippen LogP contribution in [0.3, 0.4) is 0 Å². The lowest BCUT2D eigenvalue weighted by atomic mass is 10.1. The van der Waals surface area contributed by atoms with Crippen molar-refractivity contribution in [2.45, 2.75) is 19.6 Å². The van der Waals surface area contributed by atoms with E-state index in [9.17, 15) is 4.39 Å². The summed E-state index contributed by atoms with van der Waals surface area (Å²) in [4.78, 5) is 0.